The second-order valence-corrected chi connectivity index (χ2v) is 6.37. The third-order valence-electron chi connectivity index (χ3n) is 4.90. The van der Waals surface area contributed by atoms with Crippen molar-refractivity contribution < 1.29 is 14.7 Å². The quantitative estimate of drug-likeness (QED) is 0.700. The van der Waals surface area contributed by atoms with Crippen LogP contribution in [-0.2, 0) is 9.59 Å². The fourth-order valence-electron chi connectivity index (χ4n) is 3.74. The summed E-state index contributed by atoms with van der Waals surface area (Å²) in [6, 6.07) is 0. The van der Waals surface area contributed by atoms with Crippen molar-refractivity contribution in [3.05, 3.63) is 12.2 Å². The Balaban J connectivity index is 2.11. The maximum Gasteiger partial charge on any atom is 0.307 e. The molecule has 1 fully saturated rings. The molecule has 0 radical (unpaired) electrons. The van der Waals surface area contributed by atoms with Crippen LogP contribution in [0.4, 0.5) is 0 Å². The minimum atomic E-state index is -0.809. The summed E-state index contributed by atoms with van der Waals surface area (Å²) >= 11 is 0. The van der Waals surface area contributed by atoms with Crippen molar-refractivity contribution in [3.63, 3.8) is 0 Å². The van der Waals surface area contributed by atoms with Gasteiger partial charge in [0.2, 0.25) is 5.91 Å². The van der Waals surface area contributed by atoms with Gasteiger partial charge >= 0.3 is 5.97 Å². The van der Waals surface area contributed by atoms with Gasteiger partial charge in [-0.3, -0.25) is 9.59 Å². The Kier molecular flexibility index (Phi) is 5.43. The predicted octanol–water partition coefficient (Wildman–Crippen LogP) is 2.94. The zero-order valence-electron chi connectivity index (χ0n) is 13.1. The highest BCUT2D eigenvalue weighted by molar-refractivity contribution is 5.87. The van der Waals surface area contributed by atoms with Crippen LogP contribution in [0.2, 0.25) is 0 Å². The third-order valence-corrected chi connectivity index (χ3v) is 4.90. The Morgan fingerprint density at radius 3 is 2.05 bits per heavy atom. The number of carboxylic acid groups (broad SMARTS) is 1. The van der Waals surface area contributed by atoms with E-state index in [1.54, 1.807) is 0 Å². The lowest BCUT2D eigenvalue weighted by Gasteiger charge is -2.31. The van der Waals surface area contributed by atoms with E-state index in [4.69, 9.17) is 0 Å². The Labute approximate surface area is 127 Å². The van der Waals surface area contributed by atoms with Crippen LogP contribution in [0.1, 0.15) is 46.0 Å². The summed E-state index contributed by atoms with van der Waals surface area (Å²) in [7, 11) is 0. The third kappa shape index (κ3) is 3.30. The molecule has 2 rings (SSSR count). The molecule has 1 N–H and O–H groups in total. The van der Waals surface area contributed by atoms with Gasteiger partial charge in [-0.25, -0.2) is 0 Å². The lowest BCUT2D eigenvalue weighted by Crippen LogP contribution is -2.43. The Hall–Kier alpha value is -1.32. The highest BCUT2D eigenvalue weighted by Crippen LogP contribution is 2.48. The van der Waals surface area contributed by atoms with Gasteiger partial charge in [0.25, 0.3) is 0 Å². The molecular formula is C17H27NO3. The molecule has 2 aliphatic rings. The van der Waals surface area contributed by atoms with Gasteiger partial charge in [-0.2, -0.15) is 0 Å². The molecule has 0 spiro atoms. The number of rotatable bonds is 8. The average molecular weight is 293 g/mol. The molecule has 1 saturated carbocycles. The molecule has 0 saturated heterocycles. The molecule has 0 unspecified atom stereocenters. The normalized spacial score (nSPS) is 29.8. The van der Waals surface area contributed by atoms with Gasteiger partial charge in [-0.15, -0.1) is 0 Å². The minimum Gasteiger partial charge on any atom is -0.481 e. The molecule has 0 aromatic heterocycles. The molecule has 0 heterocycles. The molecule has 4 atom stereocenters. The largest absolute Gasteiger partial charge is 0.481 e. The fraction of sp³-hybridized carbons (Fsp3) is 0.765. The maximum atomic E-state index is 12.9. The highest BCUT2D eigenvalue weighted by atomic mass is 16.4. The van der Waals surface area contributed by atoms with Crippen LogP contribution in [0, 0.1) is 23.7 Å². The van der Waals surface area contributed by atoms with Crippen LogP contribution < -0.4 is 0 Å². The van der Waals surface area contributed by atoms with E-state index < -0.39 is 11.9 Å². The number of hydrogen-bond acceptors (Lipinski definition) is 2. The van der Waals surface area contributed by atoms with E-state index in [9.17, 15) is 14.7 Å². The molecule has 21 heavy (non-hydrogen) atoms. The van der Waals surface area contributed by atoms with E-state index >= 15 is 0 Å². The molecule has 4 nitrogen and oxygen atoms in total. The van der Waals surface area contributed by atoms with Crippen molar-refractivity contribution in [2.75, 3.05) is 13.1 Å². The number of unbranched alkanes of at least 4 members (excludes halogenated alkanes) is 2. The Morgan fingerprint density at radius 2 is 1.57 bits per heavy atom. The van der Waals surface area contributed by atoms with Crippen molar-refractivity contribution in [2.45, 2.75) is 46.0 Å². The van der Waals surface area contributed by atoms with E-state index in [0.29, 0.717) is 0 Å². The first-order chi connectivity index (χ1) is 10.1. The number of carbonyl (C=O) groups excluding carboxylic acids is 1. The minimum absolute atomic E-state index is 0.0562. The van der Waals surface area contributed by atoms with Crippen LogP contribution in [0.15, 0.2) is 12.2 Å². The number of aliphatic carboxylic acids is 1. The zero-order chi connectivity index (χ0) is 15.4. The van der Waals surface area contributed by atoms with Crippen molar-refractivity contribution in [1.29, 1.82) is 0 Å². The molecule has 1 amide bonds. The number of carboxylic acids is 1. The lowest BCUT2D eigenvalue weighted by atomic mass is 9.82. The van der Waals surface area contributed by atoms with E-state index in [2.05, 4.69) is 19.9 Å². The van der Waals surface area contributed by atoms with E-state index in [0.717, 1.165) is 45.2 Å². The van der Waals surface area contributed by atoms with Crippen molar-refractivity contribution in [3.8, 4) is 0 Å². The molecule has 2 aliphatic carbocycles. The number of hydrogen-bond donors (Lipinski definition) is 1. The van der Waals surface area contributed by atoms with Gasteiger partial charge in [-0.1, -0.05) is 38.8 Å². The SMILES string of the molecule is CCCCN(CCCC)C(=O)[C@@H]1[C@@H](C(=O)O)[C@H]2C=C[C@@H]1C2. The first-order valence-corrected chi connectivity index (χ1v) is 8.30. The van der Waals surface area contributed by atoms with Crippen LogP contribution in [0.5, 0.6) is 0 Å². The number of nitrogens with zero attached hydrogens (tertiary/aromatic N) is 1. The van der Waals surface area contributed by atoms with E-state index in [-0.39, 0.29) is 23.7 Å². The second-order valence-electron chi connectivity index (χ2n) is 6.37. The van der Waals surface area contributed by atoms with Crippen LogP contribution >= 0.6 is 0 Å². The van der Waals surface area contributed by atoms with Crippen molar-refractivity contribution in [1.82, 2.24) is 4.90 Å². The summed E-state index contributed by atoms with van der Waals surface area (Å²) in [4.78, 5) is 26.4. The molecule has 0 aromatic rings. The molecule has 0 aromatic carbocycles. The lowest BCUT2D eigenvalue weighted by molar-refractivity contribution is -0.151. The number of allylic oxidation sites excluding steroid dienone is 2. The van der Waals surface area contributed by atoms with Crippen LogP contribution in [-0.4, -0.2) is 35.0 Å². The van der Waals surface area contributed by atoms with Gasteiger partial charge in [0, 0.05) is 13.1 Å². The summed E-state index contributed by atoms with van der Waals surface area (Å²) in [6.07, 6.45) is 8.97. The molecule has 0 aliphatic heterocycles. The zero-order valence-corrected chi connectivity index (χ0v) is 13.1. The summed E-state index contributed by atoms with van der Waals surface area (Å²) in [5.41, 5.74) is 0. The summed E-state index contributed by atoms with van der Waals surface area (Å²) in [6.45, 7) is 5.75. The van der Waals surface area contributed by atoms with Gasteiger partial charge in [0.05, 0.1) is 11.8 Å². The molecule has 2 bridgehead atoms. The monoisotopic (exact) mass is 293 g/mol. The predicted molar refractivity (Wildman–Crippen MR) is 81.7 cm³/mol. The van der Waals surface area contributed by atoms with Crippen molar-refractivity contribution in [2.24, 2.45) is 23.7 Å². The number of carbonyl (C=O) groups is 2. The topological polar surface area (TPSA) is 57.6 Å². The smallest absolute Gasteiger partial charge is 0.307 e. The van der Waals surface area contributed by atoms with E-state index in [1.807, 2.05) is 11.0 Å². The highest BCUT2D eigenvalue weighted by Gasteiger charge is 2.52. The first kappa shape index (κ1) is 16.1. The van der Waals surface area contributed by atoms with Crippen LogP contribution in [0.3, 0.4) is 0 Å². The van der Waals surface area contributed by atoms with Gasteiger partial charge in [-0.05, 0) is 31.1 Å². The standard InChI is InChI=1S/C17H27NO3/c1-3-5-9-18(10-6-4-2)16(19)14-12-7-8-13(11-12)15(14)17(20)21/h7-8,12-15H,3-6,9-11H2,1-2H3,(H,20,21)/t12-,13+,14+,15+/m1/s1. The van der Waals surface area contributed by atoms with E-state index in [1.165, 1.54) is 0 Å². The summed E-state index contributed by atoms with van der Waals surface area (Å²) in [5, 5.41) is 9.48. The number of amides is 1. The van der Waals surface area contributed by atoms with Gasteiger partial charge < -0.3 is 10.0 Å². The first-order valence-electron chi connectivity index (χ1n) is 8.30. The van der Waals surface area contributed by atoms with Crippen molar-refractivity contribution >= 4 is 11.9 Å². The van der Waals surface area contributed by atoms with Crippen LogP contribution in [0.25, 0.3) is 0 Å². The second kappa shape index (κ2) is 7.10. The summed E-state index contributed by atoms with van der Waals surface area (Å²) < 4.78 is 0. The van der Waals surface area contributed by atoms with Gasteiger partial charge in [0.1, 0.15) is 0 Å². The molecule has 118 valence electrons. The fourth-order valence-corrected chi connectivity index (χ4v) is 3.74. The molecular weight excluding hydrogens is 266 g/mol. The number of fused-ring (bicyclic) bond motifs is 2. The van der Waals surface area contributed by atoms with Gasteiger partial charge in [0.15, 0.2) is 0 Å². The molecule has 4 heteroatoms. The average Bonchev–Trinajstić information content (AvgIpc) is 3.07. The summed E-state index contributed by atoms with van der Waals surface area (Å²) in [5.74, 6) is -1.41. The Bertz CT molecular complexity index is 410. The maximum absolute atomic E-state index is 12.9. The Morgan fingerprint density at radius 1 is 1.05 bits per heavy atom.